The molecule has 0 spiro atoms. The predicted octanol–water partition coefficient (Wildman–Crippen LogP) is 4.93. The van der Waals surface area contributed by atoms with Crippen LogP contribution in [0.25, 0.3) is 11.0 Å². The third kappa shape index (κ3) is 3.77. The molecule has 5 rings (SSSR count). The Hall–Kier alpha value is -3.67. The van der Waals surface area contributed by atoms with Gasteiger partial charge in [-0.15, -0.1) is 0 Å². The molecule has 156 valence electrons. The van der Waals surface area contributed by atoms with E-state index >= 15 is 0 Å². The first-order valence-corrected chi connectivity index (χ1v) is 10.5. The number of fused-ring (bicyclic) bond motifs is 1. The normalized spacial score (nSPS) is 13.4. The van der Waals surface area contributed by atoms with Gasteiger partial charge in [-0.2, -0.15) is 5.10 Å². The summed E-state index contributed by atoms with van der Waals surface area (Å²) in [5.74, 6) is 0.865. The highest BCUT2D eigenvalue weighted by Crippen LogP contribution is 2.40. The Kier molecular flexibility index (Phi) is 4.90. The first kappa shape index (κ1) is 19.3. The van der Waals surface area contributed by atoms with E-state index in [1.165, 1.54) is 0 Å². The van der Waals surface area contributed by atoms with Gasteiger partial charge in [0.1, 0.15) is 5.75 Å². The number of pyridine rings is 1. The Balaban J connectivity index is 1.59. The highest BCUT2D eigenvalue weighted by atomic mass is 16.5. The smallest absolute Gasteiger partial charge is 0.256 e. The van der Waals surface area contributed by atoms with E-state index in [1.807, 2.05) is 60.1 Å². The monoisotopic (exact) mass is 412 g/mol. The zero-order valence-electron chi connectivity index (χ0n) is 17.6. The molecule has 1 aliphatic rings. The largest absolute Gasteiger partial charge is 0.495 e. The van der Waals surface area contributed by atoms with E-state index in [-0.39, 0.29) is 5.91 Å². The van der Waals surface area contributed by atoms with Gasteiger partial charge in [0.25, 0.3) is 5.91 Å². The fourth-order valence-corrected chi connectivity index (χ4v) is 3.94. The van der Waals surface area contributed by atoms with Gasteiger partial charge in [0, 0.05) is 11.6 Å². The van der Waals surface area contributed by atoms with E-state index in [4.69, 9.17) is 14.8 Å². The average Bonchev–Trinajstić information content (AvgIpc) is 3.60. The molecule has 2 aromatic heterocycles. The number of nitrogens with one attached hydrogen (secondary N) is 1. The van der Waals surface area contributed by atoms with Crippen molar-refractivity contribution >= 4 is 22.6 Å². The molecular formula is C25H24N4O2. The van der Waals surface area contributed by atoms with Crippen molar-refractivity contribution in [1.29, 1.82) is 0 Å². The van der Waals surface area contributed by atoms with Crippen molar-refractivity contribution in [3.63, 3.8) is 0 Å². The summed E-state index contributed by atoms with van der Waals surface area (Å²) in [5, 5.41) is 8.55. The number of carbonyl (C=O) groups excluding carboxylic acids is 1. The lowest BCUT2D eigenvalue weighted by molar-refractivity contribution is 0.102. The Morgan fingerprint density at radius 2 is 1.87 bits per heavy atom. The second-order valence-corrected chi connectivity index (χ2v) is 7.95. The molecule has 0 bridgehead atoms. The highest BCUT2D eigenvalue weighted by Gasteiger charge is 2.29. The second-order valence-electron chi connectivity index (χ2n) is 7.95. The van der Waals surface area contributed by atoms with Gasteiger partial charge >= 0.3 is 0 Å². The molecule has 2 heterocycles. The maximum absolute atomic E-state index is 13.4. The quantitative estimate of drug-likeness (QED) is 0.488. The van der Waals surface area contributed by atoms with E-state index in [9.17, 15) is 4.79 Å². The summed E-state index contributed by atoms with van der Waals surface area (Å²) in [6.45, 7) is 2.54. The van der Waals surface area contributed by atoms with Crippen LogP contribution in [-0.2, 0) is 6.54 Å². The van der Waals surface area contributed by atoms with Gasteiger partial charge in [0.15, 0.2) is 5.65 Å². The molecule has 2 aromatic carbocycles. The first-order valence-electron chi connectivity index (χ1n) is 10.5. The number of nitrogens with zero attached hydrogens (tertiary/aromatic N) is 3. The lowest BCUT2D eigenvalue weighted by atomic mass is 10.1. The van der Waals surface area contributed by atoms with E-state index < -0.39 is 0 Å². The van der Waals surface area contributed by atoms with Crippen LogP contribution in [0.3, 0.4) is 0 Å². The number of ether oxygens (including phenoxy) is 1. The van der Waals surface area contributed by atoms with Crippen LogP contribution in [0.1, 0.15) is 46.1 Å². The maximum atomic E-state index is 13.4. The van der Waals surface area contributed by atoms with Crippen LogP contribution in [0.4, 0.5) is 5.69 Å². The number of hydrogen-bond donors (Lipinski definition) is 1. The number of hydrogen-bond acceptors (Lipinski definition) is 4. The van der Waals surface area contributed by atoms with Gasteiger partial charge in [-0.1, -0.05) is 42.5 Å². The molecule has 6 nitrogen and oxygen atoms in total. The lowest BCUT2D eigenvalue weighted by Crippen LogP contribution is -2.14. The number of benzene rings is 2. The minimum absolute atomic E-state index is 0.179. The van der Waals surface area contributed by atoms with E-state index in [1.54, 1.807) is 7.11 Å². The number of amides is 1. The molecule has 1 N–H and O–H groups in total. The Morgan fingerprint density at radius 1 is 1.13 bits per heavy atom. The number of para-hydroxylation sites is 2. The molecule has 0 atom stereocenters. The number of aryl methyl sites for hydroxylation is 1. The zero-order chi connectivity index (χ0) is 21.4. The Bertz CT molecular complexity index is 1260. The van der Waals surface area contributed by atoms with Crippen molar-refractivity contribution in [2.24, 2.45) is 0 Å². The fourth-order valence-electron chi connectivity index (χ4n) is 3.94. The molecular weight excluding hydrogens is 388 g/mol. The summed E-state index contributed by atoms with van der Waals surface area (Å²) < 4.78 is 7.30. The van der Waals surface area contributed by atoms with Gasteiger partial charge in [-0.3, -0.25) is 4.79 Å². The topological polar surface area (TPSA) is 69.0 Å². The summed E-state index contributed by atoms with van der Waals surface area (Å²) >= 11 is 0. The fraction of sp³-hybridized carbons (Fsp3) is 0.240. The molecule has 0 aliphatic heterocycles. The van der Waals surface area contributed by atoms with Crippen LogP contribution in [0.5, 0.6) is 5.75 Å². The predicted molar refractivity (Wildman–Crippen MR) is 121 cm³/mol. The second kappa shape index (κ2) is 7.87. The molecule has 31 heavy (non-hydrogen) atoms. The minimum atomic E-state index is -0.179. The summed E-state index contributed by atoms with van der Waals surface area (Å²) in [6, 6.07) is 19.5. The van der Waals surface area contributed by atoms with Crippen molar-refractivity contribution in [3.05, 3.63) is 83.2 Å². The summed E-state index contributed by atoms with van der Waals surface area (Å²) in [6.07, 6.45) is 2.22. The molecule has 4 aromatic rings. The van der Waals surface area contributed by atoms with Crippen molar-refractivity contribution in [2.75, 3.05) is 12.4 Å². The molecule has 1 saturated carbocycles. The van der Waals surface area contributed by atoms with Gasteiger partial charge in [-0.05, 0) is 43.5 Å². The van der Waals surface area contributed by atoms with Crippen LogP contribution in [0.2, 0.25) is 0 Å². The van der Waals surface area contributed by atoms with Gasteiger partial charge in [0.05, 0.1) is 36.0 Å². The molecule has 0 saturated heterocycles. The van der Waals surface area contributed by atoms with Gasteiger partial charge < -0.3 is 10.1 Å². The number of rotatable bonds is 6. The molecule has 6 heteroatoms. The van der Waals surface area contributed by atoms with Crippen LogP contribution >= 0.6 is 0 Å². The molecule has 1 amide bonds. The van der Waals surface area contributed by atoms with Crippen LogP contribution in [0.15, 0.2) is 60.7 Å². The minimum Gasteiger partial charge on any atom is -0.495 e. The number of carbonyl (C=O) groups is 1. The van der Waals surface area contributed by atoms with Crippen molar-refractivity contribution in [1.82, 2.24) is 14.8 Å². The lowest BCUT2D eigenvalue weighted by Gasteiger charge is -2.12. The standard InChI is InChI=1S/C25H24N4O2/c1-16-23-19(25(30)27-20-10-6-7-11-22(20)31-2)14-21(18-12-13-18)26-24(23)29(28-16)15-17-8-4-3-5-9-17/h3-11,14,18H,12-13,15H2,1-2H3,(H,27,30). The molecule has 1 aliphatic carbocycles. The molecule has 0 radical (unpaired) electrons. The third-order valence-corrected chi connectivity index (χ3v) is 5.67. The summed E-state index contributed by atoms with van der Waals surface area (Å²) in [4.78, 5) is 18.3. The van der Waals surface area contributed by atoms with Gasteiger partial charge in [0.2, 0.25) is 0 Å². The summed E-state index contributed by atoms with van der Waals surface area (Å²) in [7, 11) is 1.60. The first-order chi connectivity index (χ1) is 15.1. The van der Waals surface area contributed by atoms with Crippen molar-refractivity contribution in [2.45, 2.75) is 32.2 Å². The van der Waals surface area contributed by atoms with Gasteiger partial charge in [-0.25, -0.2) is 9.67 Å². The van der Waals surface area contributed by atoms with Crippen LogP contribution in [-0.4, -0.2) is 27.8 Å². The third-order valence-electron chi connectivity index (χ3n) is 5.67. The van der Waals surface area contributed by atoms with E-state index in [2.05, 4.69) is 17.4 Å². The molecule has 0 unspecified atom stereocenters. The van der Waals surface area contributed by atoms with Crippen LogP contribution < -0.4 is 10.1 Å². The number of methoxy groups -OCH3 is 1. The maximum Gasteiger partial charge on any atom is 0.256 e. The molecule has 1 fully saturated rings. The van der Waals surface area contributed by atoms with E-state index in [0.717, 1.165) is 40.8 Å². The van der Waals surface area contributed by atoms with Crippen molar-refractivity contribution < 1.29 is 9.53 Å². The Labute approximate surface area is 180 Å². The summed E-state index contributed by atoms with van der Waals surface area (Å²) in [5.41, 5.74) is 4.91. The van der Waals surface area contributed by atoms with Crippen LogP contribution in [0, 0.1) is 6.92 Å². The SMILES string of the molecule is COc1ccccc1NC(=O)c1cc(C2CC2)nc2c1c(C)nn2Cc1ccccc1. The van der Waals surface area contributed by atoms with Crippen molar-refractivity contribution in [3.8, 4) is 5.75 Å². The highest BCUT2D eigenvalue weighted by molar-refractivity contribution is 6.13. The zero-order valence-corrected chi connectivity index (χ0v) is 17.6. The Morgan fingerprint density at radius 3 is 2.61 bits per heavy atom. The van der Waals surface area contributed by atoms with E-state index in [0.29, 0.717) is 29.5 Å². The number of anilines is 1. The average molecular weight is 412 g/mol. The number of aromatic nitrogens is 3.